The van der Waals surface area contributed by atoms with Crippen molar-refractivity contribution in [2.24, 2.45) is 5.92 Å². The van der Waals surface area contributed by atoms with Crippen molar-refractivity contribution in [1.82, 2.24) is 4.90 Å². The van der Waals surface area contributed by atoms with Gasteiger partial charge in [-0.05, 0) is 36.8 Å². The summed E-state index contributed by atoms with van der Waals surface area (Å²) < 4.78 is 0. The molecule has 1 N–H and O–H groups in total. The van der Waals surface area contributed by atoms with Gasteiger partial charge in [-0.3, -0.25) is 4.79 Å². The van der Waals surface area contributed by atoms with Gasteiger partial charge in [0.05, 0.1) is 5.60 Å². The largest absolute Gasteiger partial charge is 0.390 e. The summed E-state index contributed by atoms with van der Waals surface area (Å²) in [4.78, 5) is 15.1. The molecule has 4 rings (SSSR count). The first-order valence-electron chi connectivity index (χ1n) is 9.76. The van der Waals surface area contributed by atoms with Crippen LogP contribution in [0.5, 0.6) is 0 Å². The van der Waals surface area contributed by atoms with Gasteiger partial charge in [0, 0.05) is 31.3 Å². The second-order valence-corrected chi connectivity index (χ2v) is 7.86. The highest BCUT2D eigenvalue weighted by Crippen LogP contribution is 2.45. The smallest absolute Gasteiger partial charge is 0.223 e. The van der Waals surface area contributed by atoms with Crippen LogP contribution in [0.25, 0.3) is 0 Å². The Labute approximate surface area is 155 Å². The maximum absolute atomic E-state index is 13.1. The quantitative estimate of drug-likeness (QED) is 0.887. The molecule has 1 aliphatic carbocycles. The zero-order valence-corrected chi connectivity index (χ0v) is 15.2. The molecule has 2 aromatic rings. The molecule has 1 aliphatic heterocycles. The highest BCUT2D eigenvalue weighted by molar-refractivity contribution is 5.78. The molecule has 1 saturated carbocycles. The van der Waals surface area contributed by atoms with E-state index in [1.54, 1.807) is 0 Å². The predicted octanol–water partition coefficient (Wildman–Crippen LogP) is 3.97. The molecule has 0 aromatic heterocycles. The number of hydrogen-bond donors (Lipinski definition) is 1. The summed E-state index contributed by atoms with van der Waals surface area (Å²) >= 11 is 0. The van der Waals surface area contributed by atoms with Crippen molar-refractivity contribution >= 4 is 5.91 Å². The molecule has 1 amide bonds. The van der Waals surface area contributed by atoms with Crippen molar-refractivity contribution in [3.63, 3.8) is 0 Å². The highest BCUT2D eigenvalue weighted by Gasteiger charge is 2.49. The van der Waals surface area contributed by atoms with Crippen LogP contribution in [-0.4, -0.2) is 34.6 Å². The number of carbonyl (C=O) groups excluding carboxylic acids is 1. The van der Waals surface area contributed by atoms with E-state index in [1.807, 2.05) is 41.3 Å². The fraction of sp³-hybridized carbons (Fsp3) is 0.435. The normalized spacial score (nSPS) is 21.6. The van der Waals surface area contributed by atoms with Crippen LogP contribution in [0.4, 0.5) is 0 Å². The van der Waals surface area contributed by atoms with Crippen LogP contribution in [0.15, 0.2) is 60.7 Å². The molecule has 136 valence electrons. The Morgan fingerprint density at radius 3 is 2.15 bits per heavy atom. The van der Waals surface area contributed by atoms with Gasteiger partial charge in [0.1, 0.15) is 0 Å². The molecule has 1 saturated heterocycles. The first-order chi connectivity index (χ1) is 12.7. The molecule has 2 aromatic carbocycles. The van der Waals surface area contributed by atoms with E-state index in [-0.39, 0.29) is 17.7 Å². The van der Waals surface area contributed by atoms with E-state index in [2.05, 4.69) is 24.3 Å². The van der Waals surface area contributed by atoms with Gasteiger partial charge in [-0.25, -0.2) is 0 Å². The molecule has 3 nitrogen and oxygen atoms in total. The summed E-state index contributed by atoms with van der Waals surface area (Å²) in [7, 11) is 0. The Kier molecular flexibility index (Phi) is 4.82. The van der Waals surface area contributed by atoms with E-state index in [1.165, 1.54) is 11.1 Å². The van der Waals surface area contributed by atoms with Gasteiger partial charge >= 0.3 is 0 Å². The third-order valence-corrected chi connectivity index (χ3v) is 6.08. The van der Waals surface area contributed by atoms with Crippen molar-refractivity contribution < 1.29 is 9.90 Å². The second kappa shape index (κ2) is 7.24. The Balaban J connectivity index is 1.51. The topological polar surface area (TPSA) is 40.5 Å². The summed E-state index contributed by atoms with van der Waals surface area (Å²) in [5, 5.41) is 10.5. The molecule has 26 heavy (non-hydrogen) atoms. The summed E-state index contributed by atoms with van der Waals surface area (Å²) in [6.07, 6.45) is 4.33. The van der Waals surface area contributed by atoms with E-state index in [4.69, 9.17) is 0 Å². The van der Waals surface area contributed by atoms with Gasteiger partial charge in [-0.1, -0.05) is 60.7 Å². The zero-order valence-electron chi connectivity index (χ0n) is 15.2. The Morgan fingerprint density at radius 1 is 1.04 bits per heavy atom. The van der Waals surface area contributed by atoms with Crippen LogP contribution < -0.4 is 0 Å². The lowest BCUT2D eigenvalue weighted by atomic mass is 9.86. The number of hydrogen-bond acceptors (Lipinski definition) is 2. The van der Waals surface area contributed by atoms with Crippen molar-refractivity contribution in [3.05, 3.63) is 71.8 Å². The molecule has 3 heteroatoms. The molecule has 2 aliphatic rings. The van der Waals surface area contributed by atoms with Crippen molar-refractivity contribution in [2.45, 2.75) is 43.6 Å². The number of piperidine rings is 1. The molecular weight excluding hydrogens is 322 g/mol. The van der Waals surface area contributed by atoms with Gasteiger partial charge in [-0.15, -0.1) is 0 Å². The molecular formula is C23H27NO2. The SMILES string of the molecule is O=C(CC(c1ccccc1)c1ccccc1)N1CCCC(C2(O)CC2)C1. The van der Waals surface area contributed by atoms with Crippen molar-refractivity contribution in [3.8, 4) is 0 Å². The standard InChI is InChI=1S/C23H27NO2/c25-22(24-15-7-12-20(17-24)23(26)13-14-23)16-21(18-8-3-1-4-9-18)19-10-5-2-6-11-19/h1-6,8-11,20-21,26H,7,12-17H2. The fourth-order valence-corrected chi connectivity index (χ4v) is 4.28. The van der Waals surface area contributed by atoms with Crippen LogP contribution in [0.1, 0.15) is 49.1 Å². The number of likely N-dealkylation sites (tertiary alicyclic amines) is 1. The van der Waals surface area contributed by atoms with E-state index in [0.29, 0.717) is 13.0 Å². The molecule has 0 spiro atoms. The average molecular weight is 349 g/mol. The molecule has 0 radical (unpaired) electrons. The minimum absolute atomic E-state index is 0.0780. The van der Waals surface area contributed by atoms with Gasteiger partial charge in [0.15, 0.2) is 0 Å². The van der Waals surface area contributed by atoms with Crippen molar-refractivity contribution in [2.75, 3.05) is 13.1 Å². The van der Waals surface area contributed by atoms with Gasteiger partial charge < -0.3 is 10.0 Å². The summed E-state index contributed by atoms with van der Waals surface area (Å²) in [6.45, 7) is 1.54. The predicted molar refractivity (Wildman–Crippen MR) is 103 cm³/mol. The molecule has 1 heterocycles. The highest BCUT2D eigenvalue weighted by atomic mass is 16.3. The minimum atomic E-state index is -0.489. The molecule has 0 bridgehead atoms. The van der Waals surface area contributed by atoms with Gasteiger partial charge in [0.2, 0.25) is 5.91 Å². The lowest BCUT2D eigenvalue weighted by Crippen LogP contribution is -2.44. The Morgan fingerprint density at radius 2 is 1.62 bits per heavy atom. The van der Waals surface area contributed by atoms with E-state index < -0.39 is 5.60 Å². The lowest BCUT2D eigenvalue weighted by molar-refractivity contribution is -0.134. The lowest BCUT2D eigenvalue weighted by Gasteiger charge is -2.36. The average Bonchev–Trinajstić information content (AvgIpc) is 3.46. The minimum Gasteiger partial charge on any atom is -0.390 e. The molecule has 2 fully saturated rings. The van der Waals surface area contributed by atoms with Crippen LogP contribution in [-0.2, 0) is 4.79 Å². The number of rotatable bonds is 5. The molecule has 1 atom stereocenters. The number of nitrogens with zero attached hydrogens (tertiary/aromatic N) is 1. The Hall–Kier alpha value is -2.13. The Bertz CT molecular complexity index is 700. The number of aliphatic hydroxyl groups is 1. The monoisotopic (exact) mass is 349 g/mol. The molecule has 1 unspecified atom stereocenters. The van der Waals surface area contributed by atoms with Crippen LogP contribution in [0.2, 0.25) is 0 Å². The maximum Gasteiger partial charge on any atom is 0.223 e. The van der Waals surface area contributed by atoms with E-state index in [0.717, 1.165) is 32.2 Å². The van der Waals surface area contributed by atoms with Crippen LogP contribution in [0.3, 0.4) is 0 Å². The summed E-state index contributed by atoms with van der Waals surface area (Å²) in [5.41, 5.74) is 1.87. The first-order valence-corrected chi connectivity index (χ1v) is 9.76. The van der Waals surface area contributed by atoms with Gasteiger partial charge in [-0.2, -0.15) is 0 Å². The fourth-order valence-electron chi connectivity index (χ4n) is 4.28. The van der Waals surface area contributed by atoms with Gasteiger partial charge in [0.25, 0.3) is 0 Å². The van der Waals surface area contributed by atoms with E-state index in [9.17, 15) is 9.90 Å². The zero-order chi connectivity index (χ0) is 18.0. The second-order valence-electron chi connectivity index (χ2n) is 7.86. The summed E-state index contributed by atoms with van der Waals surface area (Å²) in [6, 6.07) is 20.6. The third kappa shape index (κ3) is 3.68. The first kappa shape index (κ1) is 17.3. The van der Waals surface area contributed by atoms with Crippen LogP contribution >= 0.6 is 0 Å². The third-order valence-electron chi connectivity index (χ3n) is 6.08. The van der Waals surface area contributed by atoms with E-state index >= 15 is 0 Å². The van der Waals surface area contributed by atoms with Crippen LogP contribution in [0, 0.1) is 5.92 Å². The maximum atomic E-state index is 13.1. The summed E-state index contributed by atoms with van der Waals surface area (Å²) in [5.74, 6) is 0.540. The number of carbonyl (C=O) groups is 1. The number of amides is 1. The number of benzene rings is 2. The van der Waals surface area contributed by atoms with Crippen molar-refractivity contribution in [1.29, 1.82) is 0 Å².